The highest BCUT2D eigenvalue weighted by Gasteiger charge is 2.38. The maximum Gasteiger partial charge on any atom is 0.216 e. The highest BCUT2D eigenvalue weighted by molar-refractivity contribution is 7.91. The molecule has 0 amide bonds. The van der Waals surface area contributed by atoms with E-state index < -0.39 is 9.84 Å². The molecule has 6 nitrogen and oxygen atoms in total. The summed E-state index contributed by atoms with van der Waals surface area (Å²) in [5, 5.41) is 7.66. The minimum absolute atomic E-state index is 0.196. The van der Waals surface area contributed by atoms with Gasteiger partial charge in [0.25, 0.3) is 0 Å². The van der Waals surface area contributed by atoms with Gasteiger partial charge in [-0.1, -0.05) is 0 Å². The first-order chi connectivity index (χ1) is 8.76. The largest absolute Gasteiger partial charge is 0.481 e. The SMILES string of the molecule is COc1c(CNC2(C)CCS(=O)(=O)C2)c(C)nn1C. The summed E-state index contributed by atoms with van der Waals surface area (Å²) in [7, 11) is 0.550. The van der Waals surface area contributed by atoms with Crippen LogP contribution in [0.25, 0.3) is 0 Å². The lowest BCUT2D eigenvalue weighted by molar-refractivity contribution is 0.357. The van der Waals surface area contributed by atoms with Gasteiger partial charge in [-0.15, -0.1) is 0 Å². The number of sulfone groups is 1. The second-order valence-corrected chi connectivity index (χ2v) is 7.64. The Morgan fingerprint density at radius 3 is 2.74 bits per heavy atom. The maximum absolute atomic E-state index is 11.6. The van der Waals surface area contributed by atoms with Crippen LogP contribution in [-0.4, -0.2) is 42.4 Å². The van der Waals surface area contributed by atoms with E-state index in [1.807, 2.05) is 20.9 Å². The molecule has 7 heteroatoms. The predicted molar refractivity (Wildman–Crippen MR) is 73.0 cm³/mol. The highest BCUT2D eigenvalue weighted by atomic mass is 32.2. The quantitative estimate of drug-likeness (QED) is 0.868. The molecule has 19 heavy (non-hydrogen) atoms. The molecule has 0 aliphatic carbocycles. The molecular formula is C12H21N3O3S. The third-order valence-electron chi connectivity index (χ3n) is 3.68. The van der Waals surface area contributed by atoms with Crippen LogP contribution in [0.4, 0.5) is 0 Å². The molecule has 1 saturated heterocycles. The fraction of sp³-hybridized carbons (Fsp3) is 0.750. The first-order valence-electron chi connectivity index (χ1n) is 6.28. The van der Waals surface area contributed by atoms with Gasteiger partial charge in [-0.3, -0.25) is 0 Å². The van der Waals surface area contributed by atoms with Crippen LogP contribution in [0.3, 0.4) is 0 Å². The van der Waals surface area contributed by atoms with E-state index in [9.17, 15) is 8.42 Å². The van der Waals surface area contributed by atoms with E-state index in [1.165, 1.54) is 0 Å². The molecule has 2 rings (SSSR count). The molecule has 1 aliphatic heterocycles. The summed E-state index contributed by atoms with van der Waals surface area (Å²) in [5.74, 6) is 1.18. The molecule has 1 N–H and O–H groups in total. The molecule has 1 fully saturated rings. The van der Waals surface area contributed by atoms with E-state index in [0.29, 0.717) is 13.0 Å². The number of rotatable bonds is 4. The van der Waals surface area contributed by atoms with Crippen molar-refractivity contribution in [2.24, 2.45) is 7.05 Å². The lowest BCUT2D eigenvalue weighted by Gasteiger charge is -2.24. The number of methoxy groups -OCH3 is 1. The zero-order valence-electron chi connectivity index (χ0n) is 11.9. The first-order valence-corrected chi connectivity index (χ1v) is 8.10. The Kier molecular flexibility index (Phi) is 3.61. The minimum Gasteiger partial charge on any atom is -0.481 e. The second kappa shape index (κ2) is 4.79. The zero-order chi connectivity index (χ0) is 14.3. The van der Waals surface area contributed by atoms with Crippen LogP contribution in [0.1, 0.15) is 24.6 Å². The summed E-state index contributed by atoms with van der Waals surface area (Å²) in [6.07, 6.45) is 0.650. The molecule has 2 heterocycles. The van der Waals surface area contributed by atoms with Crippen LogP contribution >= 0.6 is 0 Å². The number of ether oxygens (including phenoxy) is 1. The summed E-state index contributed by atoms with van der Waals surface area (Å²) in [6, 6.07) is 0. The maximum atomic E-state index is 11.6. The Hall–Kier alpha value is -1.08. The van der Waals surface area contributed by atoms with Crippen molar-refractivity contribution in [3.8, 4) is 5.88 Å². The molecule has 1 atom stereocenters. The minimum atomic E-state index is -2.89. The van der Waals surface area contributed by atoms with Crippen LogP contribution in [-0.2, 0) is 23.4 Å². The molecule has 0 aromatic carbocycles. The Balaban J connectivity index is 2.12. The fourth-order valence-corrected chi connectivity index (χ4v) is 4.71. The van der Waals surface area contributed by atoms with Crippen molar-refractivity contribution in [3.05, 3.63) is 11.3 Å². The Morgan fingerprint density at radius 2 is 2.21 bits per heavy atom. The van der Waals surface area contributed by atoms with E-state index in [1.54, 1.807) is 11.8 Å². The number of aromatic nitrogens is 2. The summed E-state index contributed by atoms with van der Waals surface area (Å²) in [4.78, 5) is 0. The van der Waals surface area contributed by atoms with Crippen molar-refractivity contribution < 1.29 is 13.2 Å². The Bertz CT molecular complexity index is 579. The Morgan fingerprint density at radius 1 is 1.53 bits per heavy atom. The molecular weight excluding hydrogens is 266 g/mol. The monoisotopic (exact) mass is 287 g/mol. The topological polar surface area (TPSA) is 73.2 Å². The zero-order valence-corrected chi connectivity index (χ0v) is 12.7. The predicted octanol–water partition coefficient (Wildman–Crippen LogP) is 0.404. The van der Waals surface area contributed by atoms with E-state index in [2.05, 4.69) is 10.4 Å². The fourth-order valence-electron chi connectivity index (χ4n) is 2.59. The molecule has 1 aliphatic rings. The van der Waals surface area contributed by atoms with Crippen molar-refractivity contribution >= 4 is 9.84 Å². The van der Waals surface area contributed by atoms with Crippen molar-refractivity contribution in [2.45, 2.75) is 32.4 Å². The van der Waals surface area contributed by atoms with Gasteiger partial charge in [0, 0.05) is 19.1 Å². The molecule has 0 radical (unpaired) electrons. The van der Waals surface area contributed by atoms with E-state index in [4.69, 9.17) is 4.74 Å². The molecule has 1 aromatic rings. The van der Waals surface area contributed by atoms with Crippen LogP contribution in [0, 0.1) is 6.92 Å². The number of aryl methyl sites for hydroxylation is 2. The van der Waals surface area contributed by atoms with Gasteiger partial charge in [0.1, 0.15) is 0 Å². The molecule has 108 valence electrons. The van der Waals surface area contributed by atoms with Crippen molar-refractivity contribution in [1.82, 2.24) is 15.1 Å². The summed E-state index contributed by atoms with van der Waals surface area (Å²) in [5.41, 5.74) is 1.53. The smallest absolute Gasteiger partial charge is 0.216 e. The third kappa shape index (κ3) is 2.92. The summed E-state index contributed by atoms with van der Waals surface area (Å²) < 4.78 is 30.2. The average molecular weight is 287 g/mol. The Labute approximate surface area is 114 Å². The van der Waals surface area contributed by atoms with Crippen molar-refractivity contribution in [1.29, 1.82) is 0 Å². The number of nitrogens with one attached hydrogen (secondary N) is 1. The van der Waals surface area contributed by atoms with Crippen LogP contribution < -0.4 is 10.1 Å². The lowest BCUT2D eigenvalue weighted by Crippen LogP contribution is -2.42. The normalized spacial score (nSPS) is 25.7. The number of hydrogen-bond donors (Lipinski definition) is 1. The third-order valence-corrected chi connectivity index (χ3v) is 5.58. The lowest BCUT2D eigenvalue weighted by atomic mass is 10.0. The van der Waals surface area contributed by atoms with Gasteiger partial charge < -0.3 is 10.1 Å². The van der Waals surface area contributed by atoms with Crippen LogP contribution in [0.15, 0.2) is 0 Å². The van der Waals surface area contributed by atoms with E-state index >= 15 is 0 Å². The molecule has 1 unspecified atom stereocenters. The second-order valence-electron chi connectivity index (χ2n) is 5.45. The van der Waals surface area contributed by atoms with Gasteiger partial charge >= 0.3 is 0 Å². The summed E-state index contributed by atoms with van der Waals surface area (Å²) in [6.45, 7) is 4.44. The average Bonchev–Trinajstić information content (AvgIpc) is 2.73. The molecule has 1 aromatic heterocycles. The van der Waals surface area contributed by atoms with Gasteiger partial charge in [-0.25, -0.2) is 13.1 Å². The molecule has 0 saturated carbocycles. The van der Waals surface area contributed by atoms with E-state index in [0.717, 1.165) is 17.1 Å². The van der Waals surface area contributed by atoms with Gasteiger partial charge in [0.05, 0.1) is 29.9 Å². The van der Waals surface area contributed by atoms with Gasteiger partial charge in [-0.05, 0) is 20.3 Å². The molecule has 0 spiro atoms. The number of nitrogens with zero attached hydrogens (tertiary/aromatic N) is 2. The summed E-state index contributed by atoms with van der Waals surface area (Å²) >= 11 is 0. The van der Waals surface area contributed by atoms with Crippen molar-refractivity contribution in [2.75, 3.05) is 18.6 Å². The first kappa shape index (κ1) is 14.3. The standard InChI is InChI=1S/C12H21N3O3S/c1-9-10(11(18-4)15(3)14-9)7-13-12(2)5-6-19(16,17)8-12/h13H,5-8H2,1-4H3. The van der Waals surface area contributed by atoms with Crippen molar-refractivity contribution in [3.63, 3.8) is 0 Å². The van der Waals surface area contributed by atoms with Gasteiger partial charge in [-0.2, -0.15) is 5.10 Å². The molecule has 0 bridgehead atoms. The highest BCUT2D eigenvalue weighted by Crippen LogP contribution is 2.26. The number of hydrogen-bond acceptors (Lipinski definition) is 5. The van der Waals surface area contributed by atoms with Crippen LogP contribution in [0.2, 0.25) is 0 Å². The van der Waals surface area contributed by atoms with E-state index in [-0.39, 0.29) is 17.0 Å². The van der Waals surface area contributed by atoms with Gasteiger partial charge in [0.2, 0.25) is 5.88 Å². The van der Waals surface area contributed by atoms with Crippen LogP contribution in [0.5, 0.6) is 5.88 Å². The van der Waals surface area contributed by atoms with Gasteiger partial charge in [0.15, 0.2) is 9.84 Å².